The van der Waals surface area contributed by atoms with Crippen LogP contribution in [0.3, 0.4) is 0 Å². The largest absolute Gasteiger partial charge is 0.481 e. The van der Waals surface area contributed by atoms with Crippen LogP contribution in [0.4, 0.5) is 4.79 Å². The van der Waals surface area contributed by atoms with Crippen molar-refractivity contribution in [3.05, 3.63) is 18.2 Å². The molecule has 0 radical (unpaired) electrons. The van der Waals surface area contributed by atoms with Gasteiger partial charge in [0, 0.05) is 45.5 Å². The van der Waals surface area contributed by atoms with Crippen LogP contribution in [0.15, 0.2) is 12.4 Å². The Labute approximate surface area is 117 Å². The van der Waals surface area contributed by atoms with Crippen molar-refractivity contribution >= 4 is 12.0 Å². The van der Waals surface area contributed by atoms with Gasteiger partial charge in [-0.2, -0.15) is 0 Å². The van der Waals surface area contributed by atoms with Crippen molar-refractivity contribution in [1.29, 1.82) is 0 Å². The zero-order valence-electron chi connectivity index (χ0n) is 11.8. The maximum atomic E-state index is 12.0. The number of carboxylic acids is 1. The fourth-order valence-corrected chi connectivity index (χ4v) is 2.34. The molecule has 1 aliphatic rings. The first kappa shape index (κ1) is 14.4. The Kier molecular flexibility index (Phi) is 3.96. The predicted molar refractivity (Wildman–Crippen MR) is 72.2 cm³/mol. The van der Waals surface area contributed by atoms with Crippen LogP contribution in [-0.4, -0.2) is 51.2 Å². The number of nitrogens with zero attached hydrogens (tertiary/aromatic N) is 3. The van der Waals surface area contributed by atoms with E-state index < -0.39 is 11.4 Å². The molecule has 1 atom stereocenters. The molecule has 0 aliphatic carbocycles. The average molecular weight is 280 g/mol. The van der Waals surface area contributed by atoms with Gasteiger partial charge in [0.2, 0.25) is 0 Å². The smallest absolute Gasteiger partial charge is 0.317 e. The third kappa shape index (κ3) is 2.92. The molecule has 0 spiro atoms. The van der Waals surface area contributed by atoms with Crippen LogP contribution < -0.4 is 5.32 Å². The van der Waals surface area contributed by atoms with Crippen molar-refractivity contribution in [2.75, 3.05) is 19.6 Å². The summed E-state index contributed by atoms with van der Waals surface area (Å²) in [5.74, 6) is 0.0582. The molecular formula is C13H20N4O3. The summed E-state index contributed by atoms with van der Waals surface area (Å²) >= 11 is 0. The number of hydrogen-bond acceptors (Lipinski definition) is 3. The number of amides is 2. The van der Waals surface area contributed by atoms with Gasteiger partial charge in [-0.05, 0) is 13.3 Å². The van der Waals surface area contributed by atoms with Crippen molar-refractivity contribution in [3.8, 4) is 0 Å². The van der Waals surface area contributed by atoms with Crippen LogP contribution in [0, 0.1) is 5.41 Å². The highest BCUT2D eigenvalue weighted by Gasteiger charge is 2.42. The van der Waals surface area contributed by atoms with E-state index in [0.29, 0.717) is 25.9 Å². The number of carbonyl (C=O) groups excluding carboxylic acids is 1. The minimum absolute atomic E-state index is 0.204. The van der Waals surface area contributed by atoms with E-state index in [1.165, 1.54) is 0 Å². The predicted octanol–water partition coefficient (Wildman–Crippen LogP) is 0.469. The number of aromatic nitrogens is 2. The van der Waals surface area contributed by atoms with E-state index in [4.69, 9.17) is 5.11 Å². The molecule has 2 amide bonds. The van der Waals surface area contributed by atoms with Crippen molar-refractivity contribution in [2.24, 2.45) is 12.5 Å². The summed E-state index contributed by atoms with van der Waals surface area (Å²) in [5.41, 5.74) is -0.822. The Hall–Kier alpha value is -2.05. The summed E-state index contributed by atoms with van der Waals surface area (Å²) < 4.78 is 1.91. The van der Waals surface area contributed by atoms with E-state index in [-0.39, 0.29) is 12.6 Å². The van der Waals surface area contributed by atoms with Crippen LogP contribution in [0.1, 0.15) is 19.2 Å². The molecule has 0 bridgehead atoms. The third-order valence-electron chi connectivity index (χ3n) is 3.82. The average Bonchev–Trinajstić information content (AvgIpc) is 2.97. The minimum Gasteiger partial charge on any atom is -0.481 e. The number of carbonyl (C=O) groups is 2. The minimum atomic E-state index is -0.846. The van der Waals surface area contributed by atoms with Crippen LogP contribution in [0.2, 0.25) is 0 Å². The van der Waals surface area contributed by atoms with Crippen molar-refractivity contribution < 1.29 is 14.7 Å². The van der Waals surface area contributed by atoms with Gasteiger partial charge < -0.3 is 19.9 Å². The lowest BCUT2D eigenvalue weighted by Gasteiger charge is -2.20. The molecule has 1 fully saturated rings. The maximum absolute atomic E-state index is 12.0. The molecule has 1 saturated heterocycles. The molecule has 2 heterocycles. The normalized spacial score (nSPS) is 22.0. The van der Waals surface area contributed by atoms with Crippen LogP contribution in [0.25, 0.3) is 0 Å². The number of rotatable bonds is 4. The molecule has 0 aromatic carbocycles. The van der Waals surface area contributed by atoms with Crippen LogP contribution >= 0.6 is 0 Å². The molecule has 1 aliphatic heterocycles. The Morgan fingerprint density at radius 1 is 1.55 bits per heavy atom. The first-order valence-electron chi connectivity index (χ1n) is 6.65. The first-order chi connectivity index (χ1) is 9.42. The molecule has 110 valence electrons. The molecule has 7 heteroatoms. The van der Waals surface area contributed by atoms with Gasteiger partial charge in [0.15, 0.2) is 0 Å². The zero-order chi connectivity index (χ0) is 14.8. The molecule has 0 saturated carbocycles. The molecule has 1 aromatic heterocycles. The second-order valence-electron chi connectivity index (χ2n) is 5.47. The van der Waals surface area contributed by atoms with E-state index in [1.807, 2.05) is 17.8 Å². The van der Waals surface area contributed by atoms with E-state index in [1.54, 1.807) is 18.0 Å². The first-order valence-corrected chi connectivity index (χ1v) is 6.65. The van der Waals surface area contributed by atoms with E-state index in [0.717, 1.165) is 5.82 Å². The lowest BCUT2D eigenvalue weighted by molar-refractivity contribution is -0.146. The number of imidazole rings is 1. The van der Waals surface area contributed by atoms with Gasteiger partial charge in [-0.15, -0.1) is 0 Å². The second kappa shape index (κ2) is 5.52. The van der Waals surface area contributed by atoms with Gasteiger partial charge in [-0.25, -0.2) is 9.78 Å². The monoisotopic (exact) mass is 280 g/mol. The SMILES string of the molecule is Cn1ccnc1CCNC(=O)N1CCC(C)(C(=O)O)C1. The Morgan fingerprint density at radius 3 is 2.85 bits per heavy atom. The quantitative estimate of drug-likeness (QED) is 0.839. The number of hydrogen-bond donors (Lipinski definition) is 2. The highest BCUT2D eigenvalue weighted by atomic mass is 16.4. The molecule has 7 nitrogen and oxygen atoms in total. The molecule has 1 aromatic rings. The standard InChI is InChI=1S/C13H20N4O3/c1-13(11(18)19)4-7-17(9-13)12(20)15-5-3-10-14-6-8-16(10)2/h6,8H,3-5,7,9H2,1-2H3,(H,15,20)(H,18,19). The van der Waals surface area contributed by atoms with Gasteiger partial charge >= 0.3 is 12.0 Å². The summed E-state index contributed by atoms with van der Waals surface area (Å²) in [6.07, 6.45) is 4.72. The number of urea groups is 1. The molecule has 2 rings (SSSR count). The van der Waals surface area contributed by atoms with Gasteiger partial charge in [-0.3, -0.25) is 4.79 Å². The Morgan fingerprint density at radius 2 is 2.30 bits per heavy atom. The summed E-state index contributed by atoms with van der Waals surface area (Å²) in [4.78, 5) is 28.8. The van der Waals surface area contributed by atoms with Crippen LogP contribution in [0.5, 0.6) is 0 Å². The van der Waals surface area contributed by atoms with Gasteiger partial charge in [0.05, 0.1) is 5.41 Å². The lowest BCUT2D eigenvalue weighted by Crippen LogP contribution is -2.41. The van der Waals surface area contributed by atoms with Gasteiger partial charge in [-0.1, -0.05) is 0 Å². The van der Waals surface area contributed by atoms with Crippen molar-refractivity contribution in [1.82, 2.24) is 19.8 Å². The summed E-state index contributed by atoms with van der Waals surface area (Å²) in [6.45, 7) is 2.91. The summed E-state index contributed by atoms with van der Waals surface area (Å²) in [7, 11) is 1.91. The second-order valence-corrected chi connectivity index (χ2v) is 5.47. The fourth-order valence-electron chi connectivity index (χ4n) is 2.34. The number of aliphatic carboxylic acids is 1. The topological polar surface area (TPSA) is 87.5 Å². The Balaban J connectivity index is 1.79. The van der Waals surface area contributed by atoms with E-state index >= 15 is 0 Å². The van der Waals surface area contributed by atoms with Gasteiger partial charge in [0.25, 0.3) is 0 Å². The summed E-state index contributed by atoms with van der Waals surface area (Å²) in [5, 5.41) is 11.9. The van der Waals surface area contributed by atoms with Crippen LogP contribution in [-0.2, 0) is 18.3 Å². The van der Waals surface area contributed by atoms with Gasteiger partial charge in [0.1, 0.15) is 5.82 Å². The fraction of sp³-hybridized carbons (Fsp3) is 0.615. The zero-order valence-corrected chi connectivity index (χ0v) is 11.8. The van der Waals surface area contributed by atoms with E-state index in [9.17, 15) is 9.59 Å². The van der Waals surface area contributed by atoms with Crippen molar-refractivity contribution in [2.45, 2.75) is 19.8 Å². The Bertz CT molecular complexity index is 513. The highest BCUT2D eigenvalue weighted by molar-refractivity contribution is 5.79. The number of likely N-dealkylation sites (tertiary alicyclic amines) is 1. The number of carboxylic acid groups (broad SMARTS) is 1. The highest BCUT2D eigenvalue weighted by Crippen LogP contribution is 2.29. The third-order valence-corrected chi connectivity index (χ3v) is 3.82. The summed E-state index contributed by atoms with van der Waals surface area (Å²) in [6, 6.07) is -0.204. The molecular weight excluding hydrogens is 260 g/mol. The van der Waals surface area contributed by atoms with Crippen molar-refractivity contribution in [3.63, 3.8) is 0 Å². The maximum Gasteiger partial charge on any atom is 0.317 e. The molecule has 20 heavy (non-hydrogen) atoms. The molecule has 1 unspecified atom stereocenters. The lowest BCUT2D eigenvalue weighted by atomic mass is 9.90. The van der Waals surface area contributed by atoms with E-state index in [2.05, 4.69) is 10.3 Å². The number of aryl methyl sites for hydroxylation is 1. The molecule has 2 N–H and O–H groups in total. The number of nitrogens with one attached hydrogen (secondary N) is 1.